The molecule has 128 valence electrons. The van der Waals surface area contributed by atoms with Crippen LogP contribution in [0.25, 0.3) is 0 Å². The Morgan fingerprint density at radius 2 is 1.96 bits per heavy atom. The fourth-order valence-corrected chi connectivity index (χ4v) is 2.59. The molecule has 5 heteroatoms. The number of ether oxygens (including phenoxy) is 2. The molecule has 2 aromatic carbocycles. The van der Waals surface area contributed by atoms with Crippen LogP contribution in [0.15, 0.2) is 42.5 Å². The second-order valence-electron chi connectivity index (χ2n) is 5.52. The summed E-state index contributed by atoms with van der Waals surface area (Å²) in [6.07, 6.45) is 0.116. The number of hydrogen-bond donors (Lipinski definition) is 1. The van der Waals surface area contributed by atoms with E-state index in [9.17, 15) is 4.79 Å². The molecule has 1 unspecified atom stereocenters. The van der Waals surface area contributed by atoms with E-state index in [0.717, 1.165) is 16.9 Å². The average Bonchev–Trinajstić information content (AvgIpc) is 2.57. The van der Waals surface area contributed by atoms with Crippen molar-refractivity contribution in [1.82, 2.24) is 5.32 Å². The standard InChI is InChI=1S/C19H22ClNO3/c1-13-12-16(20)8-9-17(13)24-14(2)19(22)21-11-10-15-6-4-5-7-18(15)23-3/h4-9,12,14H,10-11H2,1-3H3,(H,21,22). The fourth-order valence-electron chi connectivity index (χ4n) is 2.36. The molecular formula is C19H22ClNO3. The summed E-state index contributed by atoms with van der Waals surface area (Å²) in [5.74, 6) is 1.33. The molecule has 2 rings (SSSR count). The highest BCUT2D eigenvalue weighted by Gasteiger charge is 2.15. The maximum atomic E-state index is 12.2. The quantitative estimate of drug-likeness (QED) is 0.829. The monoisotopic (exact) mass is 347 g/mol. The van der Waals surface area contributed by atoms with Gasteiger partial charge in [-0.3, -0.25) is 4.79 Å². The summed E-state index contributed by atoms with van der Waals surface area (Å²) < 4.78 is 11.0. The number of hydrogen-bond acceptors (Lipinski definition) is 3. The van der Waals surface area contributed by atoms with Crippen molar-refractivity contribution in [3.8, 4) is 11.5 Å². The van der Waals surface area contributed by atoms with E-state index in [0.29, 0.717) is 23.7 Å². The van der Waals surface area contributed by atoms with E-state index in [4.69, 9.17) is 21.1 Å². The van der Waals surface area contributed by atoms with Gasteiger partial charge in [0.25, 0.3) is 5.91 Å². The molecule has 0 spiro atoms. The van der Waals surface area contributed by atoms with Crippen LogP contribution in [0.5, 0.6) is 11.5 Å². The lowest BCUT2D eigenvalue weighted by atomic mass is 10.1. The molecule has 0 radical (unpaired) electrons. The van der Waals surface area contributed by atoms with Crippen molar-refractivity contribution in [3.63, 3.8) is 0 Å². The van der Waals surface area contributed by atoms with E-state index in [1.165, 1.54) is 0 Å². The maximum absolute atomic E-state index is 12.2. The Morgan fingerprint density at radius 1 is 1.21 bits per heavy atom. The topological polar surface area (TPSA) is 47.6 Å². The molecule has 1 amide bonds. The van der Waals surface area contributed by atoms with Gasteiger partial charge in [0.1, 0.15) is 11.5 Å². The number of carbonyl (C=O) groups excluding carboxylic acids is 1. The van der Waals surface area contributed by atoms with Gasteiger partial charge in [0.2, 0.25) is 0 Å². The van der Waals surface area contributed by atoms with Crippen LogP contribution < -0.4 is 14.8 Å². The number of methoxy groups -OCH3 is 1. The summed E-state index contributed by atoms with van der Waals surface area (Å²) in [4.78, 5) is 12.2. The van der Waals surface area contributed by atoms with Crippen molar-refractivity contribution < 1.29 is 14.3 Å². The lowest BCUT2D eigenvalue weighted by Crippen LogP contribution is -2.37. The van der Waals surface area contributed by atoms with Gasteiger partial charge in [-0.05, 0) is 55.7 Å². The number of aryl methyl sites for hydroxylation is 1. The molecule has 0 heterocycles. The van der Waals surface area contributed by atoms with Crippen LogP contribution >= 0.6 is 11.6 Å². The maximum Gasteiger partial charge on any atom is 0.260 e. The molecule has 0 fully saturated rings. The van der Waals surface area contributed by atoms with Crippen LogP contribution in [0.4, 0.5) is 0 Å². The van der Waals surface area contributed by atoms with Crippen molar-refractivity contribution >= 4 is 17.5 Å². The van der Waals surface area contributed by atoms with E-state index in [1.807, 2.05) is 37.3 Å². The Balaban J connectivity index is 1.85. The zero-order valence-electron chi connectivity index (χ0n) is 14.1. The Hall–Kier alpha value is -2.20. The van der Waals surface area contributed by atoms with Crippen molar-refractivity contribution in [3.05, 3.63) is 58.6 Å². The Labute approximate surface area is 147 Å². The van der Waals surface area contributed by atoms with Crippen molar-refractivity contribution in [2.24, 2.45) is 0 Å². The number of amides is 1. The van der Waals surface area contributed by atoms with Crippen LogP contribution in [0.1, 0.15) is 18.1 Å². The van der Waals surface area contributed by atoms with Gasteiger partial charge in [0, 0.05) is 11.6 Å². The predicted molar refractivity (Wildman–Crippen MR) is 96.0 cm³/mol. The van der Waals surface area contributed by atoms with Crippen LogP contribution in [0.2, 0.25) is 5.02 Å². The molecule has 1 N–H and O–H groups in total. The van der Waals surface area contributed by atoms with Crippen molar-refractivity contribution in [2.45, 2.75) is 26.4 Å². The summed E-state index contributed by atoms with van der Waals surface area (Å²) in [7, 11) is 1.64. The summed E-state index contributed by atoms with van der Waals surface area (Å²) in [5, 5.41) is 3.53. The van der Waals surface area contributed by atoms with Crippen molar-refractivity contribution in [1.29, 1.82) is 0 Å². The molecule has 0 bridgehead atoms. The molecule has 0 aliphatic heterocycles. The van der Waals surface area contributed by atoms with E-state index >= 15 is 0 Å². The lowest BCUT2D eigenvalue weighted by molar-refractivity contribution is -0.127. The van der Waals surface area contributed by atoms with E-state index in [2.05, 4.69) is 5.32 Å². The van der Waals surface area contributed by atoms with Gasteiger partial charge in [0.15, 0.2) is 6.10 Å². The number of rotatable bonds is 7. The first kappa shape index (κ1) is 18.1. The fraction of sp³-hybridized carbons (Fsp3) is 0.316. The van der Waals surface area contributed by atoms with E-state index < -0.39 is 6.10 Å². The minimum atomic E-state index is -0.581. The third kappa shape index (κ3) is 4.90. The number of para-hydroxylation sites is 1. The van der Waals surface area contributed by atoms with Crippen LogP contribution in [-0.4, -0.2) is 25.7 Å². The van der Waals surface area contributed by atoms with Crippen LogP contribution in [-0.2, 0) is 11.2 Å². The summed E-state index contributed by atoms with van der Waals surface area (Å²) in [5.41, 5.74) is 1.96. The lowest BCUT2D eigenvalue weighted by Gasteiger charge is -2.16. The van der Waals surface area contributed by atoms with Gasteiger partial charge >= 0.3 is 0 Å². The van der Waals surface area contributed by atoms with Gasteiger partial charge in [-0.15, -0.1) is 0 Å². The molecule has 0 aliphatic rings. The van der Waals surface area contributed by atoms with Gasteiger partial charge < -0.3 is 14.8 Å². The third-order valence-corrected chi connectivity index (χ3v) is 3.93. The molecule has 2 aromatic rings. The van der Waals surface area contributed by atoms with Crippen molar-refractivity contribution in [2.75, 3.05) is 13.7 Å². The SMILES string of the molecule is COc1ccccc1CCNC(=O)C(C)Oc1ccc(Cl)cc1C. The highest BCUT2D eigenvalue weighted by atomic mass is 35.5. The van der Waals surface area contributed by atoms with Crippen LogP contribution in [0, 0.1) is 6.92 Å². The van der Waals surface area contributed by atoms with E-state index in [1.54, 1.807) is 26.2 Å². The molecule has 0 aliphatic carbocycles. The molecule has 0 aromatic heterocycles. The number of carbonyl (C=O) groups is 1. The third-order valence-electron chi connectivity index (χ3n) is 3.70. The Morgan fingerprint density at radius 3 is 2.67 bits per heavy atom. The highest BCUT2D eigenvalue weighted by Crippen LogP contribution is 2.23. The minimum Gasteiger partial charge on any atom is -0.496 e. The number of halogens is 1. The minimum absolute atomic E-state index is 0.153. The van der Waals surface area contributed by atoms with Crippen LogP contribution in [0.3, 0.4) is 0 Å². The molecule has 24 heavy (non-hydrogen) atoms. The zero-order chi connectivity index (χ0) is 17.5. The molecular weight excluding hydrogens is 326 g/mol. The molecule has 0 saturated heterocycles. The summed E-state index contributed by atoms with van der Waals surface area (Å²) >= 11 is 5.92. The number of nitrogens with one attached hydrogen (secondary N) is 1. The molecule has 4 nitrogen and oxygen atoms in total. The van der Waals surface area contributed by atoms with E-state index in [-0.39, 0.29) is 5.91 Å². The predicted octanol–water partition coefficient (Wildman–Crippen LogP) is 3.78. The second-order valence-corrected chi connectivity index (χ2v) is 5.96. The summed E-state index contributed by atoms with van der Waals surface area (Å²) in [6, 6.07) is 13.1. The zero-order valence-corrected chi connectivity index (χ0v) is 14.9. The second kappa shape index (κ2) is 8.60. The first-order valence-corrected chi connectivity index (χ1v) is 8.21. The number of benzene rings is 2. The largest absolute Gasteiger partial charge is 0.496 e. The first-order valence-electron chi connectivity index (χ1n) is 7.83. The Kier molecular flexibility index (Phi) is 6.50. The van der Waals surface area contributed by atoms with Gasteiger partial charge in [-0.2, -0.15) is 0 Å². The van der Waals surface area contributed by atoms with Gasteiger partial charge in [-0.1, -0.05) is 29.8 Å². The molecule has 0 saturated carbocycles. The average molecular weight is 348 g/mol. The van der Waals surface area contributed by atoms with Gasteiger partial charge in [-0.25, -0.2) is 0 Å². The highest BCUT2D eigenvalue weighted by molar-refractivity contribution is 6.30. The molecule has 1 atom stereocenters. The smallest absolute Gasteiger partial charge is 0.260 e. The normalized spacial score (nSPS) is 11.7. The first-order chi connectivity index (χ1) is 11.5. The Bertz CT molecular complexity index is 703. The summed E-state index contributed by atoms with van der Waals surface area (Å²) in [6.45, 7) is 4.15. The van der Waals surface area contributed by atoms with Gasteiger partial charge in [0.05, 0.1) is 7.11 Å².